The highest BCUT2D eigenvalue weighted by Crippen LogP contribution is 2.19. The summed E-state index contributed by atoms with van der Waals surface area (Å²) in [6.07, 6.45) is 3.30. The van der Waals surface area contributed by atoms with E-state index in [1.807, 2.05) is 0 Å². The second-order valence-electron chi connectivity index (χ2n) is 5.55. The van der Waals surface area contributed by atoms with Crippen LogP contribution in [-0.2, 0) is 11.3 Å². The maximum absolute atomic E-state index is 12.0. The molecule has 1 unspecified atom stereocenters. The average Bonchev–Trinajstić information content (AvgIpc) is 2.75. The van der Waals surface area contributed by atoms with E-state index in [2.05, 4.69) is 15.5 Å². The van der Waals surface area contributed by atoms with E-state index in [0.717, 1.165) is 5.56 Å². The number of carboxylic acid groups (broad SMARTS) is 1. The molecule has 0 aliphatic carbocycles. The average molecular weight is 268 g/mol. The number of rotatable bonds is 4. The number of carbonyl (C=O) groups is 2. The number of hydrogen-bond acceptors (Lipinski definition) is 3. The van der Waals surface area contributed by atoms with Crippen LogP contribution < -0.4 is 5.32 Å². The van der Waals surface area contributed by atoms with Crippen molar-refractivity contribution in [2.45, 2.75) is 33.4 Å². The minimum Gasteiger partial charge on any atom is -0.480 e. The SMILES string of the molecule is CN(Cc1cn[nH]c1)C(=O)NC(C(=O)O)C(C)(C)C. The van der Waals surface area contributed by atoms with E-state index in [9.17, 15) is 9.59 Å². The lowest BCUT2D eigenvalue weighted by Gasteiger charge is -2.29. The number of aromatic amines is 1. The number of H-pyrrole nitrogens is 1. The van der Waals surface area contributed by atoms with Crippen LogP contribution in [0.25, 0.3) is 0 Å². The van der Waals surface area contributed by atoms with Crippen molar-refractivity contribution in [3.8, 4) is 0 Å². The van der Waals surface area contributed by atoms with Crippen LogP contribution >= 0.6 is 0 Å². The molecule has 1 heterocycles. The van der Waals surface area contributed by atoms with Gasteiger partial charge in [-0.15, -0.1) is 0 Å². The second-order valence-corrected chi connectivity index (χ2v) is 5.55. The van der Waals surface area contributed by atoms with Gasteiger partial charge in [-0.25, -0.2) is 9.59 Å². The third kappa shape index (κ3) is 4.27. The molecule has 0 aliphatic rings. The van der Waals surface area contributed by atoms with Crippen molar-refractivity contribution in [2.75, 3.05) is 7.05 Å². The summed E-state index contributed by atoms with van der Waals surface area (Å²) < 4.78 is 0. The lowest BCUT2D eigenvalue weighted by atomic mass is 9.87. The summed E-state index contributed by atoms with van der Waals surface area (Å²) in [5.74, 6) is -1.04. The summed E-state index contributed by atoms with van der Waals surface area (Å²) in [4.78, 5) is 24.5. The van der Waals surface area contributed by atoms with Gasteiger partial charge in [-0.05, 0) is 5.41 Å². The van der Waals surface area contributed by atoms with Gasteiger partial charge in [-0.3, -0.25) is 5.10 Å². The fourth-order valence-electron chi connectivity index (χ4n) is 1.59. The first kappa shape index (κ1) is 15.0. The van der Waals surface area contributed by atoms with Crippen molar-refractivity contribution in [1.29, 1.82) is 0 Å². The van der Waals surface area contributed by atoms with Gasteiger partial charge in [0.2, 0.25) is 0 Å². The molecule has 0 saturated carbocycles. The van der Waals surface area contributed by atoms with Crippen LogP contribution in [0, 0.1) is 5.41 Å². The summed E-state index contributed by atoms with van der Waals surface area (Å²) in [6, 6.07) is -1.37. The zero-order valence-corrected chi connectivity index (χ0v) is 11.6. The van der Waals surface area contributed by atoms with Crippen LogP contribution in [0.2, 0.25) is 0 Å². The molecular weight excluding hydrogens is 248 g/mol. The summed E-state index contributed by atoms with van der Waals surface area (Å²) in [6.45, 7) is 5.66. The molecule has 0 bridgehead atoms. The first-order valence-electron chi connectivity index (χ1n) is 5.94. The van der Waals surface area contributed by atoms with Crippen LogP contribution in [0.15, 0.2) is 12.4 Å². The van der Waals surface area contributed by atoms with E-state index in [1.54, 1.807) is 40.2 Å². The Hall–Kier alpha value is -2.05. The van der Waals surface area contributed by atoms with E-state index in [0.29, 0.717) is 6.54 Å². The zero-order chi connectivity index (χ0) is 14.6. The highest BCUT2D eigenvalue weighted by Gasteiger charge is 2.33. The van der Waals surface area contributed by atoms with Gasteiger partial charge in [-0.1, -0.05) is 20.8 Å². The molecule has 3 N–H and O–H groups in total. The van der Waals surface area contributed by atoms with E-state index < -0.39 is 23.5 Å². The standard InChI is InChI=1S/C12H20N4O3/c1-12(2,3)9(10(17)18)15-11(19)16(4)7-8-5-13-14-6-8/h5-6,9H,7H2,1-4H3,(H,13,14)(H,15,19)(H,17,18). The van der Waals surface area contributed by atoms with Gasteiger partial charge in [0.25, 0.3) is 0 Å². The molecule has 7 heteroatoms. The molecule has 0 saturated heterocycles. The predicted molar refractivity (Wildman–Crippen MR) is 69.5 cm³/mol. The second kappa shape index (κ2) is 5.73. The Morgan fingerprint density at radius 1 is 1.53 bits per heavy atom. The third-order valence-corrected chi connectivity index (χ3v) is 2.70. The molecule has 0 spiro atoms. The Morgan fingerprint density at radius 2 is 2.16 bits per heavy atom. The fourth-order valence-corrected chi connectivity index (χ4v) is 1.59. The molecule has 7 nitrogen and oxygen atoms in total. The highest BCUT2D eigenvalue weighted by molar-refractivity contribution is 5.83. The minimum atomic E-state index is -1.04. The Morgan fingerprint density at radius 3 is 2.58 bits per heavy atom. The molecule has 2 amide bonds. The van der Waals surface area contributed by atoms with Gasteiger partial charge in [-0.2, -0.15) is 5.10 Å². The van der Waals surface area contributed by atoms with Crippen LogP contribution in [-0.4, -0.2) is 45.3 Å². The number of carbonyl (C=O) groups excluding carboxylic acids is 1. The summed E-state index contributed by atoms with van der Waals surface area (Å²) >= 11 is 0. The number of aliphatic carboxylic acids is 1. The van der Waals surface area contributed by atoms with E-state index in [4.69, 9.17) is 5.11 Å². The van der Waals surface area contributed by atoms with Crippen LogP contribution in [0.3, 0.4) is 0 Å². The number of hydrogen-bond donors (Lipinski definition) is 3. The number of urea groups is 1. The maximum atomic E-state index is 12.0. The number of nitrogens with zero attached hydrogens (tertiary/aromatic N) is 2. The zero-order valence-electron chi connectivity index (χ0n) is 11.6. The molecule has 0 aromatic carbocycles. The summed E-state index contributed by atoms with van der Waals surface area (Å²) in [5, 5.41) is 18.1. The Kier molecular flexibility index (Phi) is 4.52. The Balaban J connectivity index is 2.64. The monoisotopic (exact) mass is 268 g/mol. The molecule has 106 valence electrons. The molecule has 1 atom stereocenters. The quantitative estimate of drug-likeness (QED) is 0.760. The topological polar surface area (TPSA) is 98.3 Å². The predicted octanol–water partition coefficient (Wildman–Crippen LogP) is 1.05. The fraction of sp³-hybridized carbons (Fsp3) is 0.583. The number of nitrogens with one attached hydrogen (secondary N) is 2. The van der Waals surface area contributed by atoms with Crippen LogP contribution in [0.4, 0.5) is 4.79 Å². The van der Waals surface area contributed by atoms with E-state index in [1.165, 1.54) is 4.90 Å². The van der Waals surface area contributed by atoms with Crippen molar-refractivity contribution in [2.24, 2.45) is 5.41 Å². The van der Waals surface area contributed by atoms with Crippen molar-refractivity contribution >= 4 is 12.0 Å². The molecule has 0 radical (unpaired) electrons. The first-order valence-corrected chi connectivity index (χ1v) is 5.94. The number of carboxylic acids is 1. The smallest absolute Gasteiger partial charge is 0.326 e. The number of amides is 2. The van der Waals surface area contributed by atoms with Gasteiger partial charge in [0, 0.05) is 18.8 Å². The van der Waals surface area contributed by atoms with Gasteiger partial charge in [0.1, 0.15) is 6.04 Å². The van der Waals surface area contributed by atoms with Gasteiger partial charge < -0.3 is 15.3 Å². The molecule has 0 fully saturated rings. The first-order chi connectivity index (χ1) is 8.71. The molecule has 19 heavy (non-hydrogen) atoms. The lowest BCUT2D eigenvalue weighted by molar-refractivity contribution is -0.142. The third-order valence-electron chi connectivity index (χ3n) is 2.70. The largest absolute Gasteiger partial charge is 0.480 e. The highest BCUT2D eigenvalue weighted by atomic mass is 16.4. The number of aromatic nitrogens is 2. The normalized spacial score (nSPS) is 12.8. The minimum absolute atomic E-state index is 0.360. The van der Waals surface area contributed by atoms with Gasteiger partial charge in [0.05, 0.1) is 12.7 Å². The molecular formula is C12H20N4O3. The lowest BCUT2D eigenvalue weighted by Crippen LogP contribution is -2.52. The summed E-state index contributed by atoms with van der Waals surface area (Å²) in [5.41, 5.74) is 0.290. The van der Waals surface area contributed by atoms with Gasteiger partial charge >= 0.3 is 12.0 Å². The van der Waals surface area contributed by atoms with Crippen molar-refractivity contribution < 1.29 is 14.7 Å². The van der Waals surface area contributed by atoms with Gasteiger partial charge in [0.15, 0.2) is 0 Å². The molecule has 1 aromatic heterocycles. The summed E-state index contributed by atoms with van der Waals surface area (Å²) in [7, 11) is 1.60. The van der Waals surface area contributed by atoms with Crippen molar-refractivity contribution in [3.63, 3.8) is 0 Å². The maximum Gasteiger partial charge on any atom is 0.326 e. The van der Waals surface area contributed by atoms with Crippen LogP contribution in [0.5, 0.6) is 0 Å². The van der Waals surface area contributed by atoms with E-state index in [-0.39, 0.29) is 0 Å². The molecule has 1 aromatic rings. The van der Waals surface area contributed by atoms with E-state index >= 15 is 0 Å². The Bertz CT molecular complexity index is 436. The Labute approximate surface area is 112 Å². The van der Waals surface area contributed by atoms with Crippen molar-refractivity contribution in [1.82, 2.24) is 20.4 Å². The van der Waals surface area contributed by atoms with Crippen LogP contribution in [0.1, 0.15) is 26.3 Å². The molecule has 1 rings (SSSR count). The molecule has 0 aliphatic heterocycles. The van der Waals surface area contributed by atoms with Crippen molar-refractivity contribution in [3.05, 3.63) is 18.0 Å².